The van der Waals surface area contributed by atoms with Crippen molar-refractivity contribution in [3.05, 3.63) is 59.0 Å². The Bertz CT molecular complexity index is 836. The second kappa shape index (κ2) is 8.21. The van der Waals surface area contributed by atoms with Crippen LogP contribution in [-0.2, 0) is 17.6 Å². The highest BCUT2D eigenvalue weighted by Gasteiger charge is 2.29. The predicted molar refractivity (Wildman–Crippen MR) is 107 cm³/mol. The Balaban J connectivity index is 1.31. The number of likely N-dealkylation sites (tertiary alicyclic amines) is 1. The SMILES string of the molecule is CC(NC(=O)C1CCN(C(=O)c2ccco2)CC1)c1ccc2c(c1)CCCC2. The van der Waals surface area contributed by atoms with E-state index < -0.39 is 0 Å². The van der Waals surface area contributed by atoms with Crippen molar-refractivity contribution in [2.45, 2.75) is 51.5 Å². The Labute approximate surface area is 166 Å². The van der Waals surface area contributed by atoms with Gasteiger partial charge in [-0.25, -0.2) is 0 Å². The van der Waals surface area contributed by atoms with Crippen molar-refractivity contribution >= 4 is 11.8 Å². The molecule has 1 fully saturated rings. The van der Waals surface area contributed by atoms with Crippen molar-refractivity contribution in [2.75, 3.05) is 13.1 Å². The number of benzene rings is 1. The van der Waals surface area contributed by atoms with Crippen LogP contribution in [0, 0.1) is 5.92 Å². The van der Waals surface area contributed by atoms with Crippen LogP contribution in [0.2, 0.25) is 0 Å². The van der Waals surface area contributed by atoms with Crippen LogP contribution in [0.1, 0.15) is 65.9 Å². The van der Waals surface area contributed by atoms with Crippen molar-refractivity contribution in [3.8, 4) is 0 Å². The zero-order valence-corrected chi connectivity index (χ0v) is 16.4. The van der Waals surface area contributed by atoms with Crippen molar-refractivity contribution < 1.29 is 14.0 Å². The lowest BCUT2D eigenvalue weighted by molar-refractivity contribution is -0.127. The van der Waals surface area contributed by atoms with Crippen LogP contribution in [-0.4, -0.2) is 29.8 Å². The second-order valence-electron chi connectivity index (χ2n) is 8.01. The fourth-order valence-corrected chi connectivity index (χ4v) is 4.34. The average Bonchev–Trinajstić information content (AvgIpc) is 3.28. The van der Waals surface area contributed by atoms with Gasteiger partial charge in [-0.15, -0.1) is 0 Å². The summed E-state index contributed by atoms with van der Waals surface area (Å²) < 4.78 is 5.19. The number of aryl methyl sites for hydroxylation is 2. The minimum atomic E-state index is -0.0914. The number of carbonyl (C=O) groups excluding carboxylic acids is 2. The largest absolute Gasteiger partial charge is 0.459 e. The molecule has 2 amide bonds. The summed E-state index contributed by atoms with van der Waals surface area (Å²) in [5.74, 6) is 0.325. The maximum atomic E-state index is 12.7. The number of rotatable bonds is 4. The number of nitrogens with zero attached hydrogens (tertiary/aromatic N) is 1. The van der Waals surface area contributed by atoms with Gasteiger partial charge in [-0.05, 0) is 74.3 Å². The maximum absolute atomic E-state index is 12.7. The summed E-state index contributed by atoms with van der Waals surface area (Å²) in [6.45, 7) is 3.23. The number of furan rings is 1. The standard InChI is InChI=1S/C23H28N2O3/c1-16(19-9-8-17-5-2-3-6-20(17)15-19)24-22(26)18-10-12-25(13-11-18)23(27)21-7-4-14-28-21/h4,7-9,14-16,18H,2-3,5-6,10-13H2,1H3,(H,24,26). The van der Waals surface area contributed by atoms with Crippen LogP contribution in [0.25, 0.3) is 0 Å². The van der Waals surface area contributed by atoms with E-state index in [0.717, 1.165) is 6.42 Å². The van der Waals surface area contributed by atoms with Crippen LogP contribution in [0.5, 0.6) is 0 Å². The first-order valence-corrected chi connectivity index (χ1v) is 10.4. The lowest BCUT2D eigenvalue weighted by Crippen LogP contribution is -2.43. The first-order chi connectivity index (χ1) is 13.6. The lowest BCUT2D eigenvalue weighted by Gasteiger charge is -2.31. The van der Waals surface area contributed by atoms with Crippen molar-refractivity contribution in [3.63, 3.8) is 0 Å². The highest BCUT2D eigenvalue weighted by Crippen LogP contribution is 2.26. The molecule has 1 N–H and O–H groups in total. The Morgan fingerprint density at radius 2 is 1.86 bits per heavy atom. The molecule has 2 heterocycles. The quantitative estimate of drug-likeness (QED) is 0.875. The molecule has 0 radical (unpaired) electrons. The summed E-state index contributed by atoms with van der Waals surface area (Å²) in [5.41, 5.74) is 4.08. The van der Waals surface area contributed by atoms with Crippen LogP contribution in [0.4, 0.5) is 0 Å². The summed E-state index contributed by atoms with van der Waals surface area (Å²) in [5, 5.41) is 3.18. The monoisotopic (exact) mass is 380 g/mol. The molecule has 1 atom stereocenters. The van der Waals surface area contributed by atoms with Gasteiger partial charge >= 0.3 is 0 Å². The second-order valence-corrected chi connectivity index (χ2v) is 8.01. The van der Waals surface area contributed by atoms with Crippen molar-refractivity contribution in [1.29, 1.82) is 0 Å². The molecule has 1 aliphatic heterocycles. The topological polar surface area (TPSA) is 62.6 Å². The Morgan fingerprint density at radius 1 is 1.11 bits per heavy atom. The minimum Gasteiger partial charge on any atom is -0.459 e. The fourth-order valence-electron chi connectivity index (χ4n) is 4.34. The van der Waals surface area contributed by atoms with E-state index in [1.807, 2.05) is 0 Å². The van der Waals surface area contributed by atoms with Gasteiger partial charge in [-0.1, -0.05) is 18.2 Å². The predicted octanol–water partition coefficient (Wildman–Crippen LogP) is 3.89. The van der Waals surface area contributed by atoms with Gasteiger partial charge < -0.3 is 14.6 Å². The van der Waals surface area contributed by atoms with E-state index in [0.29, 0.717) is 31.7 Å². The van der Waals surface area contributed by atoms with E-state index in [2.05, 4.69) is 30.4 Å². The number of hydrogen-bond donors (Lipinski definition) is 1. The molecule has 0 saturated carbocycles. The zero-order valence-electron chi connectivity index (χ0n) is 16.4. The van der Waals surface area contributed by atoms with E-state index in [4.69, 9.17) is 4.42 Å². The fraction of sp³-hybridized carbons (Fsp3) is 0.478. The molecule has 1 saturated heterocycles. The molecule has 0 bridgehead atoms. The minimum absolute atomic E-state index is 0.00232. The third-order valence-electron chi connectivity index (χ3n) is 6.12. The van der Waals surface area contributed by atoms with Gasteiger partial charge in [0.2, 0.25) is 5.91 Å². The number of hydrogen-bond acceptors (Lipinski definition) is 3. The molecule has 5 nitrogen and oxygen atoms in total. The molecule has 1 unspecified atom stereocenters. The third-order valence-corrected chi connectivity index (χ3v) is 6.12. The summed E-state index contributed by atoms with van der Waals surface area (Å²) >= 11 is 0. The summed E-state index contributed by atoms with van der Waals surface area (Å²) in [4.78, 5) is 26.9. The van der Waals surface area contributed by atoms with E-state index in [1.54, 1.807) is 17.0 Å². The molecule has 1 aliphatic carbocycles. The average molecular weight is 380 g/mol. The Morgan fingerprint density at radius 3 is 2.57 bits per heavy atom. The number of carbonyl (C=O) groups is 2. The van der Waals surface area contributed by atoms with Crippen LogP contribution < -0.4 is 5.32 Å². The lowest BCUT2D eigenvalue weighted by atomic mass is 9.89. The summed E-state index contributed by atoms with van der Waals surface area (Å²) in [7, 11) is 0. The smallest absolute Gasteiger partial charge is 0.289 e. The molecule has 1 aromatic carbocycles. The first kappa shape index (κ1) is 18.8. The molecule has 4 rings (SSSR count). The van der Waals surface area contributed by atoms with E-state index >= 15 is 0 Å². The maximum Gasteiger partial charge on any atom is 0.289 e. The van der Waals surface area contributed by atoms with Crippen molar-refractivity contribution in [1.82, 2.24) is 10.2 Å². The Kier molecular flexibility index (Phi) is 5.51. The molecule has 148 valence electrons. The van der Waals surface area contributed by atoms with Gasteiger partial charge in [0.1, 0.15) is 0 Å². The zero-order chi connectivity index (χ0) is 19.5. The van der Waals surface area contributed by atoms with E-state index in [9.17, 15) is 9.59 Å². The Hall–Kier alpha value is -2.56. The summed E-state index contributed by atoms with van der Waals surface area (Å²) in [6.07, 6.45) is 7.74. The number of nitrogens with one attached hydrogen (secondary N) is 1. The molecular weight excluding hydrogens is 352 g/mol. The van der Waals surface area contributed by atoms with Gasteiger partial charge in [-0.2, -0.15) is 0 Å². The summed E-state index contributed by atoms with van der Waals surface area (Å²) in [6, 6.07) is 10.0. The van der Waals surface area contributed by atoms with Crippen LogP contribution >= 0.6 is 0 Å². The third kappa shape index (κ3) is 3.98. The first-order valence-electron chi connectivity index (χ1n) is 10.4. The highest BCUT2D eigenvalue weighted by molar-refractivity contribution is 5.91. The van der Waals surface area contributed by atoms with Crippen molar-refractivity contribution in [2.24, 2.45) is 5.92 Å². The van der Waals surface area contributed by atoms with Crippen LogP contribution in [0.15, 0.2) is 41.0 Å². The highest BCUT2D eigenvalue weighted by atomic mass is 16.3. The normalized spacial score (nSPS) is 18.4. The van der Waals surface area contributed by atoms with Gasteiger partial charge in [-0.3, -0.25) is 9.59 Å². The molecule has 2 aromatic rings. The number of piperidine rings is 1. The van der Waals surface area contributed by atoms with E-state index in [1.165, 1.54) is 42.2 Å². The van der Waals surface area contributed by atoms with Gasteiger partial charge in [0, 0.05) is 19.0 Å². The number of fused-ring (bicyclic) bond motifs is 1. The molecule has 2 aliphatic rings. The van der Waals surface area contributed by atoms with Gasteiger partial charge in [0.15, 0.2) is 5.76 Å². The van der Waals surface area contributed by atoms with E-state index in [-0.39, 0.29) is 23.8 Å². The molecular formula is C23H28N2O3. The number of amides is 2. The molecule has 5 heteroatoms. The van der Waals surface area contributed by atoms with Gasteiger partial charge in [0.05, 0.1) is 12.3 Å². The van der Waals surface area contributed by atoms with Gasteiger partial charge in [0.25, 0.3) is 5.91 Å². The molecule has 1 aromatic heterocycles. The molecule has 0 spiro atoms. The van der Waals surface area contributed by atoms with Crippen LogP contribution in [0.3, 0.4) is 0 Å². The molecule has 28 heavy (non-hydrogen) atoms.